The van der Waals surface area contributed by atoms with Crippen LogP contribution >= 0.6 is 11.3 Å². The Hall–Kier alpha value is -9.55. The highest BCUT2D eigenvalue weighted by Crippen LogP contribution is 2.44. The molecular weight excluding hydrogens is 917 g/mol. The zero-order valence-electron chi connectivity index (χ0n) is 40.1. The van der Waals surface area contributed by atoms with Gasteiger partial charge < -0.3 is 9.47 Å². The first-order valence-electron chi connectivity index (χ1n) is 25.2. The Labute approximate surface area is 431 Å². The summed E-state index contributed by atoms with van der Waals surface area (Å²) >= 11 is 1.85. The molecule has 4 nitrogen and oxygen atoms in total. The molecule has 0 bridgehead atoms. The van der Waals surface area contributed by atoms with E-state index in [0.29, 0.717) is 0 Å². The lowest BCUT2D eigenvalue weighted by Crippen LogP contribution is -2.10. The van der Waals surface area contributed by atoms with Crippen molar-refractivity contribution in [3.63, 3.8) is 0 Å². The third-order valence-corrected chi connectivity index (χ3v) is 16.1. The third-order valence-electron chi connectivity index (χ3n) is 14.9. The van der Waals surface area contributed by atoms with Crippen LogP contribution < -0.4 is 4.90 Å². The molecule has 0 radical (unpaired) electrons. The van der Waals surface area contributed by atoms with E-state index in [1.807, 2.05) is 11.3 Å². The fraction of sp³-hybridized carbons (Fsp3) is 0. The molecule has 0 fully saturated rings. The normalized spacial score (nSPS) is 11.8. The summed E-state index contributed by atoms with van der Waals surface area (Å²) < 4.78 is 7.34. The lowest BCUT2D eigenvalue weighted by atomic mass is 10.00. The molecular formula is C69H44N4S. The van der Waals surface area contributed by atoms with E-state index in [1.54, 1.807) is 0 Å². The number of hydrogen-bond donors (Lipinski definition) is 0. The molecule has 12 aromatic carbocycles. The Morgan fingerprint density at radius 2 is 0.797 bits per heavy atom. The molecule has 0 aliphatic rings. The zero-order chi connectivity index (χ0) is 48.7. The van der Waals surface area contributed by atoms with Crippen molar-refractivity contribution in [2.45, 2.75) is 0 Å². The van der Waals surface area contributed by atoms with Gasteiger partial charge in [-0.1, -0.05) is 164 Å². The predicted molar refractivity (Wildman–Crippen MR) is 314 cm³/mol. The Kier molecular flexibility index (Phi) is 9.72. The average molecular weight is 961 g/mol. The molecule has 0 N–H and O–H groups in total. The van der Waals surface area contributed by atoms with Crippen LogP contribution in [0.4, 0.5) is 17.1 Å². The van der Waals surface area contributed by atoms with Crippen LogP contribution in [0.3, 0.4) is 0 Å². The number of nitrogens with zero attached hydrogens (tertiary/aromatic N) is 4. The number of hydrogen-bond acceptors (Lipinski definition) is 3. The van der Waals surface area contributed by atoms with Gasteiger partial charge in [0, 0.05) is 75.7 Å². The van der Waals surface area contributed by atoms with Crippen LogP contribution in [-0.2, 0) is 0 Å². The fourth-order valence-corrected chi connectivity index (χ4v) is 12.5. The van der Waals surface area contributed by atoms with Crippen molar-refractivity contribution >= 4 is 103 Å². The first kappa shape index (κ1) is 42.2. The molecule has 0 saturated heterocycles. The van der Waals surface area contributed by atoms with Gasteiger partial charge in [0.25, 0.3) is 0 Å². The Balaban J connectivity index is 0.869. The van der Waals surface area contributed by atoms with Gasteiger partial charge in [0.15, 0.2) is 0 Å². The minimum absolute atomic E-state index is 0.902. The lowest BCUT2D eigenvalue weighted by Gasteiger charge is -2.26. The molecule has 5 heteroatoms. The van der Waals surface area contributed by atoms with E-state index in [-0.39, 0.29) is 0 Å². The van der Waals surface area contributed by atoms with Gasteiger partial charge in [-0.2, -0.15) is 0 Å². The van der Waals surface area contributed by atoms with Crippen molar-refractivity contribution < 1.29 is 0 Å². The fourth-order valence-electron chi connectivity index (χ4n) is 11.5. The summed E-state index contributed by atoms with van der Waals surface area (Å²) in [6, 6.07) is 97.0. The van der Waals surface area contributed by atoms with Crippen molar-refractivity contribution in [3.05, 3.63) is 267 Å². The smallest absolute Gasteiger partial charge is 0.145 e. The topological polar surface area (TPSA) is 26.0 Å². The van der Waals surface area contributed by atoms with Crippen LogP contribution in [0.15, 0.2) is 267 Å². The Morgan fingerprint density at radius 3 is 1.50 bits per heavy atom. The number of rotatable bonds is 8. The average Bonchev–Trinajstić information content (AvgIpc) is 4.20. The lowest BCUT2D eigenvalue weighted by molar-refractivity contribution is 1.11. The minimum Gasteiger partial charge on any atom is -0.311 e. The van der Waals surface area contributed by atoms with Crippen molar-refractivity contribution in [3.8, 4) is 45.0 Å². The monoisotopic (exact) mass is 960 g/mol. The van der Waals surface area contributed by atoms with E-state index in [2.05, 4.69) is 281 Å². The van der Waals surface area contributed by atoms with Crippen molar-refractivity contribution in [1.82, 2.24) is 14.1 Å². The predicted octanol–water partition coefficient (Wildman–Crippen LogP) is 19.3. The largest absolute Gasteiger partial charge is 0.311 e. The second-order valence-corrected chi connectivity index (χ2v) is 20.2. The highest BCUT2D eigenvalue weighted by molar-refractivity contribution is 7.25. The standard InChI is InChI=1S/C69H44N4S/c1-3-15-45(16-4-1)46-27-34-51(35-28-46)71(52-36-29-47(30-37-52)49-33-41-64-61(43-49)57-21-11-13-25-63(57)72(64)50-17-5-2-6-18-50)53-38-31-48(32-39-53)69-70-67-59-23-9-7-19-55(59)56-20-8-10-24-60(56)68(67)73(69)54-40-42-66-62(44-54)58-22-12-14-26-65(58)74-66/h1-44H. The summed E-state index contributed by atoms with van der Waals surface area (Å²) in [6.07, 6.45) is 0. The van der Waals surface area contributed by atoms with Crippen LogP contribution in [0.1, 0.15) is 0 Å². The summed E-state index contributed by atoms with van der Waals surface area (Å²) in [5, 5.41) is 9.76. The van der Waals surface area contributed by atoms with Gasteiger partial charge in [0.1, 0.15) is 5.82 Å². The number of fused-ring (bicyclic) bond motifs is 12. The van der Waals surface area contributed by atoms with Crippen molar-refractivity contribution in [2.24, 2.45) is 0 Å². The van der Waals surface area contributed by atoms with Crippen molar-refractivity contribution in [1.29, 1.82) is 0 Å². The summed E-state index contributed by atoms with van der Waals surface area (Å²) in [4.78, 5) is 8.00. The summed E-state index contributed by atoms with van der Waals surface area (Å²) in [7, 11) is 0. The second kappa shape index (κ2) is 17.1. The van der Waals surface area contributed by atoms with Gasteiger partial charge in [-0.15, -0.1) is 11.3 Å². The van der Waals surface area contributed by atoms with Gasteiger partial charge in [0.05, 0.1) is 22.1 Å². The van der Waals surface area contributed by atoms with Crippen LogP contribution in [0.25, 0.3) is 120 Å². The highest BCUT2D eigenvalue weighted by Gasteiger charge is 2.22. The summed E-state index contributed by atoms with van der Waals surface area (Å²) in [5.74, 6) is 0.902. The molecule has 346 valence electrons. The van der Waals surface area contributed by atoms with Crippen LogP contribution in [0.5, 0.6) is 0 Å². The molecule has 3 heterocycles. The summed E-state index contributed by atoms with van der Waals surface area (Å²) in [6.45, 7) is 0. The number of para-hydroxylation sites is 2. The van der Waals surface area contributed by atoms with Gasteiger partial charge in [-0.3, -0.25) is 4.57 Å². The molecule has 0 saturated carbocycles. The molecule has 0 unspecified atom stereocenters. The number of thiophene rings is 1. The Bertz CT molecular complexity index is 4630. The molecule has 15 aromatic rings. The summed E-state index contributed by atoms with van der Waals surface area (Å²) in [5.41, 5.74) is 15.7. The SMILES string of the molecule is c1ccc(-c2ccc(N(c3ccc(-c4ccc5c(c4)c4ccccc4n5-c4ccccc4)cc3)c3ccc(-c4nc5c6ccccc6c6ccccc6c5n4-c4ccc5sc6ccccc6c5c4)cc3)cc2)cc1. The quantitative estimate of drug-likeness (QED) is 0.142. The Morgan fingerprint density at radius 1 is 0.297 bits per heavy atom. The number of aromatic nitrogens is 3. The molecule has 0 aliphatic heterocycles. The highest BCUT2D eigenvalue weighted by atomic mass is 32.1. The van der Waals surface area contributed by atoms with Crippen molar-refractivity contribution in [2.75, 3.05) is 4.90 Å². The first-order valence-corrected chi connectivity index (χ1v) is 26.0. The second-order valence-electron chi connectivity index (χ2n) is 19.1. The van der Waals surface area contributed by atoms with E-state index in [1.165, 1.54) is 74.8 Å². The number of benzene rings is 12. The molecule has 0 aliphatic carbocycles. The minimum atomic E-state index is 0.902. The maximum absolute atomic E-state index is 5.64. The van der Waals surface area contributed by atoms with Gasteiger partial charge in [-0.05, 0) is 136 Å². The van der Waals surface area contributed by atoms with E-state index in [0.717, 1.165) is 61.8 Å². The zero-order valence-corrected chi connectivity index (χ0v) is 40.9. The molecule has 15 rings (SSSR count). The molecule has 0 spiro atoms. The van der Waals surface area contributed by atoms with Crippen LogP contribution in [0.2, 0.25) is 0 Å². The van der Waals surface area contributed by atoms with Gasteiger partial charge >= 0.3 is 0 Å². The van der Waals surface area contributed by atoms with Crippen LogP contribution in [-0.4, -0.2) is 14.1 Å². The number of imidazole rings is 1. The van der Waals surface area contributed by atoms with Gasteiger partial charge in [0.2, 0.25) is 0 Å². The molecule has 74 heavy (non-hydrogen) atoms. The maximum atomic E-state index is 5.64. The molecule has 0 atom stereocenters. The van der Waals surface area contributed by atoms with Gasteiger partial charge in [-0.25, -0.2) is 4.98 Å². The third kappa shape index (κ3) is 6.78. The van der Waals surface area contributed by atoms with Crippen LogP contribution in [0, 0.1) is 0 Å². The van der Waals surface area contributed by atoms with E-state index in [4.69, 9.17) is 4.98 Å². The van der Waals surface area contributed by atoms with E-state index in [9.17, 15) is 0 Å². The van der Waals surface area contributed by atoms with E-state index >= 15 is 0 Å². The first-order chi connectivity index (χ1) is 36.7. The molecule has 0 amide bonds. The number of anilines is 3. The molecule has 3 aromatic heterocycles. The van der Waals surface area contributed by atoms with E-state index < -0.39 is 0 Å². The maximum Gasteiger partial charge on any atom is 0.145 e.